The summed E-state index contributed by atoms with van der Waals surface area (Å²) in [6, 6.07) is 7.76. The van der Waals surface area contributed by atoms with Crippen molar-refractivity contribution in [2.24, 2.45) is 5.92 Å². The predicted molar refractivity (Wildman–Crippen MR) is 87.5 cm³/mol. The minimum absolute atomic E-state index is 0.0480. The Morgan fingerprint density at radius 2 is 1.82 bits per heavy atom. The molecule has 22 heavy (non-hydrogen) atoms. The number of hydrogen-bond donors (Lipinski definition) is 2. The second kappa shape index (κ2) is 5.57. The van der Waals surface area contributed by atoms with E-state index in [0.29, 0.717) is 10.6 Å². The van der Waals surface area contributed by atoms with E-state index < -0.39 is 5.97 Å². The number of rotatable bonds is 4. The van der Waals surface area contributed by atoms with Gasteiger partial charge in [-0.3, -0.25) is 4.79 Å². The van der Waals surface area contributed by atoms with E-state index in [1.807, 2.05) is 38.1 Å². The summed E-state index contributed by atoms with van der Waals surface area (Å²) in [7, 11) is 0. The van der Waals surface area contributed by atoms with Crippen LogP contribution >= 0.6 is 11.3 Å². The van der Waals surface area contributed by atoms with E-state index in [1.165, 1.54) is 11.3 Å². The van der Waals surface area contributed by atoms with Crippen molar-refractivity contribution < 1.29 is 14.7 Å². The molecule has 4 nitrogen and oxygen atoms in total. The highest BCUT2D eigenvalue weighted by molar-refractivity contribution is 7.17. The van der Waals surface area contributed by atoms with Crippen molar-refractivity contribution in [3.05, 3.63) is 40.3 Å². The van der Waals surface area contributed by atoms with Crippen LogP contribution in [0.1, 0.15) is 33.6 Å². The molecule has 0 saturated heterocycles. The van der Waals surface area contributed by atoms with Gasteiger partial charge in [0.2, 0.25) is 5.91 Å². The Hall–Kier alpha value is -2.14. The van der Waals surface area contributed by atoms with Gasteiger partial charge in [-0.05, 0) is 32.3 Å². The lowest BCUT2D eigenvalue weighted by atomic mass is 10.0. The zero-order chi connectivity index (χ0) is 15.9. The summed E-state index contributed by atoms with van der Waals surface area (Å²) in [5.74, 6) is -1.03. The van der Waals surface area contributed by atoms with Gasteiger partial charge in [-0.1, -0.05) is 29.8 Å². The minimum atomic E-state index is -1.01. The normalized spacial score (nSPS) is 13.9. The number of thiophene rings is 1. The zero-order valence-electron chi connectivity index (χ0n) is 12.5. The number of aromatic carboxylic acids is 1. The fourth-order valence-electron chi connectivity index (χ4n) is 2.46. The SMILES string of the molecule is Cc1ccc(-c2c(C)sc(NC(=O)C3CC3)c2C(=O)O)cc1. The number of carbonyl (C=O) groups is 2. The van der Waals surface area contributed by atoms with Gasteiger partial charge in [0.05, 0.1) is 0 Å². The van der Waals surface area contributed by atoms with Gasteiger partial charge in [0.1, 0.15) is 10.6 Å². The summed E-state index contributed by atoms with van der Waals surface area (Å²) in [5, 5.41) is 12.8. The van der Waals surface area contributed by atoms with E-state index in [-0.39, 0.29) is 17.4 Å². The molecule has 0 bridgehead atoms. The van der Waals surface area contributed by atoms with Crippen molar-refractivity contribution >= 4 is 28.2 Å². The number of benzene rings is 1. The van der Waals surface area contributed by atoms with Gasteiger partial charge in [-0.2, -0.15) is 0 Å². The Bertz CT molecular complexity index is 742. The minimum Gasteiger partial charge on any atom is -0.478 e. The molecular weight excluding hydrogens is 298 g/mol. The van der Waals surface area contributed by atoms with Crippen LogP contribution in [0.25, 0.3) is 11.1 Å². The monoisotopic (exact) mass is 315 g/mol. The van der Waals surface area contributed by atoms with E-state index in [2.05, 4.69) is 5.32 Å². The number of amides is 1. The molecule has 1 aliphatic rings. The molecule has 0 atom stereocenters. The van der Waals surface area contributed by atoms with Crippen LogP contribution in [0.3, 0.4) is 0 Å². The van der Waals surface area contributed by atoms with Crippen LogP contribution in [0.2, 0.25) is 0 Å². The van der Waals surface area contributed by atoms with Gasteiger partial charge in [0.15, 0.2) is 0 Å². The summed E-state index contributed by atoms with van der Waals surface area (Å²) >= 11 is 1.33. The Kier molecular flexibility index (Phi) is 3.74. The highest BCUT2D eigenvalue weighted by Crippen LogP contribution is 2.41. The summed E-state index contributed by atoms with van der Waals surface area (Å²) < 4.78 is 0. The number of hydrogen-bond acceptors (Lipinski definition) is 3. The van der Waals surface area contributed by atoms with Crippen molar-refractivity contribution in [3.8, 4) is 11.1 Å². The van der Waals surface area contributed by atoms with Crippen molar-refractivity contribution in [1.29, 1.82) is 0 Å². The molecule has 1 saturated carbocycles. The molecule has 114 valence electrons. The number of anilines is 1. The topological polar surface area (TPSA) is 66.4 Å². The van der Waals surface area contributed by atoms with Crippen LogP contribution in [0.4, 0.5) is 5.00 Å². The van der Waals surface area contributed by atoms with Crippen molar-refractivity contribution in [3.63, 3.8) is 0 Å². The van der Waals surface area contributed by atoms with Gasteiger partial charge in [0.25, 0.3) is 0 Å². The van der Waals surface area contributed by atoms with E-state index in [0.717, 1.165) is 28.8 Å². The maximum Gasteiger partial charge on any atom is 0.339 e. The van der Waals surface area contributed by atoms with Gasteiger partial charge in [0, 0.05) is 16.4 Å². The molecule has 0 aliphatic heterocycles. The average Bonchev–Trinajstić information content (AvgIpc) is 3.25. The Morgan fingerprint density at radius 1 is 1.18 bits per heavy atom. The summed E-state index contributed by atoms with van der Waals surface area (Å²) in [6.07, 6.45) is 1.78. The van der Waals surface area contributed by atoms with Gasteiger partial charge >= 0.3 is 5.97 Å². The van der Waals surface area contributed by atoms with Crippen LogP contribution in [0.15, 0.2) is 24.3 Å². The van der Waals surface area contributed by atoms with Crippen LogP contribution in [-0.4, -0.2) is 17.0 Å². The molecule has 1 fully saturated rings. The summed E-state index contributed by atoms with van der Waals surface area (Å²) in [6.45, 7) is 3.88. The molecule has 1 aromatic carbocycles. The number of nitrogens with one attached hydrogen (secondary N) is 1. The second-order valence-electron chi connectivity index (χ2n) is 5.67. The Morgan fingerprint density at radius 3 is 2.36 bits per heavy atom. The Labute approximate surface area is 132 Å². The molecule has 1 aliphatic carbocycles. The molecule has 0 unspecified atom stereocenters. The quantitative estimate of drug-likeness (QED) is 0.893. The molecule has 2 N–H and O–H groups in total. The van der Waals surface area contributed by atoms with Gasteiger partial charge < -0.3 is 10.4 Å². The lowest BCUT2D eigenvalue weighted by Crippen LogP contribution is -2.14. The molecule has 2 aromatic rings. The van der Waals surface area contributed by atoms with Crippen LogP contribution in [-0.2, 0) is 4.79 Å². The smallest absolute Gasteiger partial charge is 0.339 e. The maximum atomic E-state index is 12.0. The first kappa shape index (κ1) is 14.8. The second-order valence-corrected chi connectivity index (χ2v) is 6.90. The van der Waals surface area contributed by atoms with Crippen LogP contribution < -0.4 is 5.32 Å². The third kappa shape index (κ3) is 2.76. The fraction of sp³-hybridized carbons (Fsp3) is 0.294. The van der Waals surface area contributed by atoms with Crippen LogP contribution in [0, 0.1) is 19.8 Å². The maximum absolute atomic E-state index is 12.0. The molecule has 3 rings (SSSR count). The number of carboxylic acids is 1. The van der Waals surface area contributed by atoms with Crippen molar-refractivity contribution in [1.82, 2.24) is 0 Å². The van der Waals surface area contributed by atoms with E-state index >= 15 is 0 Å². The van der Waals surface area contributed by atoms with Crippen LogP contribution in [0.5, 0.6) is 0 Å². The van der Waals surface area contributed by atoms with Gasteiger partial charge in [-0.15, -0.1) is 11.3 Å². The Balaban J connectivity index is 2.05. The van der Waals surface area contributed by atoms with Gasteiger partial charge in [-0.25, -0.2) is 4.79 Å². The van der Waals surface area contributed by atoms with Crippen molar-refractivity contribution in [2.45, 2.75) is 26.7 Å². The molecule has 1 aromatic heterocycles. The lowest BCUT2D eigenvalue weighted by molar-refractivity contribution is -0.117. The third-order valence-electron chi connectivity index (χ3n) is 3.82. The standard InChI is InChI=1S/C17H17NO3S/c1-9-3-5-11(6-4-9)13-10(2)22-16(14(13)17(20)21)18-15(19)12-7-8-12/h3-6,12H,7-8H2,1-2H3,(H,18,19)(H,20,21). The number of carbonyl (C=O) groups excluding carboxylic acids is 1. The van der Waals surface area contributed by atoms with E-state index in [1.54, 1.807) is 0 Å². The average molecular weight is 315 g/mol. The first-order valence-corrected chi connectivity index (χ1v) is 8.03. The van der Waals surface area contributed by atoms with E-state index in [4.69, 9.17) is 0 Å². The largest absolute Gasteiger partial charge is 0.478 e. The summed E-state index contributed by atoms with van der Waals surface area (Å²) in [4.78, 5) is 24.6. The third-order valence-corrected chi connectivity index (χ3v) is 4.84. The molecule has 0 spiro atoms. The lowest BCUT2D eigenvalue weighted by Gasteiger charge is -2.06. The molecule has 1 amide bonds. The van der Waals surface area contributed by atoms with Crippen molar-refractivity contribution in [2.75, 3.05) is 5.32 Å². The molecule has 1 heterocycles. The number of aryl methyl sites for hydroxylation is 2. The molecular formula is C17H17NO3S. The first-order valence-electron chi connectivity index (χ1n) is 7.22. The molecule has 0 radical (unpaired) electrons. The highest BCUT2D eigenvalue weighted by Gasteiger charge is 2.32. The summed E-state index contributed by atoms with van der Waals surface area (Å²) in [5.41, 5.74) is 2.88. The highest BCUT2D eigenvalue weighted by atomic mass is 32.1. The number of carboxylic acid groups (broad SMARTS) is 1. The first-order chi connectivity index (χ1) is 10.5. The molecule has 5 heteroatoms. The van der Waals surface area contributed by atoms with E-state index in [9.17, 15) is 14.7 Å². The predicted octanol–water partition coefficient (Wildman–Crippen LogP) is 4.08. The fourth-order valence-corrected chi connectivity index (χ4v) is 3.54. The zero-order valence-corrected chi connectivity index (χ0v) is 13.3.